The van der Waals surface area contributed by atoms with E-state index in [0.717, 1.165) is 25.4 Å². The molecule has 1 atom stereocenters. The van der Waals surface area contributed by atoms with Gasteiger partial charge in [-0.15, -0.1) is 0 Å². The zero-order valence-corrected chi connectivity index (χ0v) is 12.0. The molecule has 1 N–H and O–H groups in total. The van der Waals surface area contributed by atoms with Gasteiger partial charge in [0.05, 0.1) is 6.10 Å². The van der Waals surface area contributed by atoms with E-state index in [4.69, 9.17) is 9.47 Å². The Morgan fingerprint density at radius 3 is 2.88 bits per heavy atom. The summed E-state index contributed by atoms with van der Waals surface area (Å²) < 4.78 is 12.4. The smallest absolute Gasteiger partial charge is 0.119 e. The van der Waals surface area contributed by atoms with E-state index in [2.05, 4.69) is 40.0 Å². The van der Waals surface area contributed by atoms with Crippen LogP contribution in [0.3, 0.4) is 0 Å². The summed E-state index contributed by atoms with van der Waals surface area (Å²) in [5.41, 5.74) is 0. The lowest BCUT2D eigenvalue weighted by Crippen LogP contribution is -2.29. The van der Waals surface area contributed by atoms with E-state index in [1.165, 1.54) is 16.4 Å². The number of nitrogens with one attached hydrogen (secondary N) is 1. The molecule has 0 saturated carbocycles. The first-order valence-electron chi connectivity index (χ1n) is 6.05. The third kappa shape index (κ3) is 4.81. The summed E-state index contributed by atoms with van der Waals surface area (Å²) >= 11 is 2.29. The van der Waals surface area contributed by atoms with Crippen LogP contribution in [0, 0.1) is 3.57 Å². The molecule has 0 aliphatic carbocycles. The summed E-state index contributed by atoms with van der Waals surface area (Å²) in [5, 5.41) is 3.36. The molecular formula is C13H18INO2. The molecule has 0 amide bonds. The third-order valence-electron chi connectivity index (χ3n) is 2.76. The molecule has 4 heteroatoms. The lowest BCUT2D eigenvalue weighted by molar-refractivity contribution is 0.109. The Kier molecular flexibility index (Phi) is 5.54. The first-order valence-corrected chi connectivity index (χ1v) is 7.13. The first kappa shape index (κ1) is 13.1. The highest BCUT2D eigenvalue weighted by Crippen LogP contribution is 2.13. The molecule has 0 bridgehead atoms. The number of benzene rings is 1. The van der Waals surface area contributed by atoms with Crippen LogP contribution in [-0.2, 0) is 4.74 Å². The fourth-order valence-electron chi connectivity index (χ4n) is 1.84. The molecule has 94 valence electrons. The Labute approximate surface area is 116 Å². The second-order valence-corrected chi connectivity index (χ2v) is 5.39. The Morgan fingerprint density at radius 2 is 2.18 bits per heavy atom. The number of halogens is 1. The fourth-order valence-corrected chi connectivity index (χ4v) is 2.20. The highest BCUT2D eigenvalue weighted by Gasteiger charge is 2.14. The van der Waals surface area contributed by atoms with Gasteiger partial charge in [0.25, 0.3) is 0 Å². The van der Waals surface area contributed by atoms with E-state index in [1.54, 1.807) is 0 Å². The molecule has 1 aromatic rings. The average Bonchev–Trinajstić information content (AvgIpc) is 2.84. The van der Waals surface area contributed by atoms with Gasteiger partial charge in [-0.25, -0.2) is 0 Å². The van der Waals surface area contributed by atoms with Gasteiger partial charge < -0.3 is 14.8 Å². The van der Waals surface area contributed by atoms with Crippen LogP contribution < -0.4 is 10.1 Å². The Hall–Kier alpha value is -0.330. The predicted molar refractivity (Wildman–Crippen MR) is 76.5 cm³/mol. The van der Waals surface area contributed by atoms with Gasteiger partial charge in [-0.3, -0.25) is 0 Å². The number of rotatable bonds is 6. The minimum Gasteiger partial charge on any atom is -0.492 e. The lowest BCUT2D eigenvalue weighted by Gasteiger charge is -2.11. The molecule has 17 heavy (non-hydrogen) atoms. The highest BCUT2D eigenvalue weighted by atomic mass is 127. The molecule has 0 spiro atoms. The van der Waals surface area contributed by atoms with E-state index in [9.17, 15) is 0 Å². The van der Waals surface area contributed by atoms with Crippen LogP contribution in [0.4, 0.5) is 0 Å². The largest absolute Gasteiger partial charge is 0.492 e. The summed E-state index contributed by atoms with van der Waals surface area (Å²) in [7, 11) is 0. The normalized spacial score (nSPS) is 19.5. The van der Waals surface area contributed by atoms with Gasteiger partial charge in [0.1, 0.15) is 12.4 Å². The average molecular weight is 347 g/mol. The van der Waals surface area contributed by atoms with Gasteiger partial charge >= 0.3 is 0 Å². The lowest BCUT2D eigenvalue weighted by atomic mass is 10.2. The van der Waals surface area contributed by atoms with Gasteiger partial charge in [-0.1, -0.05) is 0 Å². The quantitative estimate of drug-likeness (QED) is 0.633. The summed E-state index contributed by atoms with van der Waals surface area (Å²) in [6.07, 6.45) is 2.80. The summed E-state index contributed by atoms with van der Waals surface area (Å²) in [6, 6.07) is 8.11. The zero-order chi connectivity index (χ0) is 11.9. The SMILES string of the molecule is Ic1ccc(OCCNCC2CCCO2)cc1. The molecule has 0 aromatic heterocycles. The van der Waals surface area contributed by atoms with Crippen molar-refractivity contribution < 1.29 is 9.47 Å². The highest BCUT2D eigenvalue weighted by molar-refractivity contribution is 14.1. The molecule has 1 fully saturated rings. The van der Waals surface area contributed by atoms with Crippen LogP contribution in [0.2, 0.25) is 0 Å². The van der Waals surface area contributed by atoms with Crippen molar-refractivity contribution in [2.45, 2.75) is 18.9 Å². The van der Waals surface area contributed by atoms with E-state index >= 15 is 0 Å². The summed E-state index contributed by atoms with van der Waals surface area (Å²) in [4.78, 5) is 0. The maximum absolute atomic E-state index is 5.62. The number of hydrogen-bond donors (Lipinski definition) is 1. The third-order valence-corrected chi connectivity index (χ3v) is 3.48. The van der Waals surface area contributed by atoms with Crippen LogP contribution in [0.15, 0.2) is 24.3 Å². The van der Waals surface area contributed by atoms with Crippen molar-refractivity contribution in [2.75, 3.05) is 26.3 Å². The van der Waals surface area contributed by atoms with Crippen LogP contribution in [0.1, 0.15) is 12.8 Å². The van der Waals surface area contributed by atoms with E-state index in [1.807, 2.05) is 12.1 Å². The van der Waals surface area contributed by atoms with Crippen molar-refractivity contribution in [2.24, 2.45) is 0 Å². The molecular weight excluding hydrogens is 329 g/mol. The molecule has 2 rings (SSSR count). The number of ether oxygens (including phenoxy) is 2. The second-order valence-electron chi connectivity index (χ2n) is 4.14. The standard InChI is InChI=1S/C13H18INO2/c14-11-3-5-12(6-4-11)17-9-7-15-10-13-2-1-8-16-13/h3-6,13,15H,1-2,7-10H2. The topological polar surface area (TPSA) is 30.5 Å². The van der Waals surface area contributed by atoms with Crippen molar-refractivity contribution in [3.63, 3.8) is 0 Å². The first-order chi connectivity index (χ1) is 8.34. The molecule has 1 unspecified atom stereocenters. The van der Waals surface area contributed by atoms with Gasteiger partial charge in [0, 0.05) is 23.3 Å². The zero-order valence-electron chi connectivity index (χ0n) is 9.82. The Morgan fingerprint density at radius 1 is 1.35 bits per heavy atom. The summed E-state index contributed by atoms with van der Waals surface area (Å²) in [6.45, 7) is 3.43. The van der Waals surface area contributed by atoms with Gasteiger partial charge in [0.15, 0.2) is 0 Å². The van der Waals surface area contributed by atoms with Crippen molar-refractivity contribution in [3.05, 3.63) is 27.8 Å². The minimum absolute atomic E-state index is 0.410. The van der Waals surface area contributed by atoms with Crippen LogP contribution in [0.5, 0.6) is 5.75 Å². The van der Waals surface area contributed by atoms with Crippen molar-refractivity contribution in [1.29, 1.82) is 0 Å². The van der Waals surface area contributed by atoms with Crippen LogP contribution in [0.25, 0.3) is 0 Å². The van der Waals surface area contributed by atoms with Crippen molar-refractivity contribution in [3.8, 4) is 5.75 Å². The van der Waals surface area contributed by atoms with Gasteiger partial charge in [0.2, 0.25) is 0 Å². The number of hydrogen-bond acceptors (Lipinski definition) is 3. The molecule has 1 heterocycles. The van der Waals surface area contributed by atoms with E-state index < -0.39 is 0 Å². The monoisotopic (exact) mass is 347 g/mol. The van der Waals surface area contributed by atoms with Crippen LogP contribution >= 0.6 is 22.6 Å². The minimum atomic E-state index is 0.410. The Balaban J connectivity index is 1.55. The molecule has 3 nitrogen and oxygen atoms in total. The molecule has 0 radical (unpaired) electrons. The van der Waals surface area contributed by atoms with Crippen LogP contribution in [-0.4, -0.2) is 32.4 Å². The maximum Gasteiger partial charge on any atom is 0.119 e. The summed E-state index contributed by atoms with van der Waals surface area (Å²) in [5.74, 6) is 0.935. The Bertz CT molecular complexity index is 323. The van der Waals surface area contributed by atoms with Crippen molar-refractivity contribution in [1.82, 2.24) is 5.32 Å². The molecule has 1 aromatic carbocycles. The molecule has 1 aliphatic rings. The molecule has 1 aliphatic heterocycles. The van der Waals surface area contributed by atoms with Crippen molar-refractivity contribution >= 4 is 22.6 Å². The van der Waals surface area contributed by atoms with E-state index in [-0.39, 0.29) is 0 Å². The van der Waals surface area contributed by atoms with Gasteiger partial charge in [-0.2, -0.15) is 0 Å². The molecule has 1 saturated heterocycles. The predicted octanol–water partition coefficient (Wildman–Crippen LogP) is 2.44. The second kappa shape index (κ2) is 7.18. The fraction of sp³-hybridized carbons (Fsp3) is 0.538. The maximum atomic E-state index is 5.62. The van der Waals surface area contributed by atoms with E-state index in [0.29, 0.717) is 12.7 Å². The van der Waals surface area contributed by atoms with Gasteiger partial charge in [-0.05, 0) is 59.7 Å².